The normalized spacial score (nSPS) is 23.8. The average molecular weight is 262 g/mol. The molecule has 0 unspecified atom stereocenters. The molecule has 0 radical (unpaired) electrons. The first kappa shape index (κ1) is 14.1. The van der Waals surface area contributed by atoms with Crippen molar-refractivity contribution in [2.45, 2.75) is 44.6 Å². The molecule has 0 spiro atoms. The second kappa shape index (κ2) is 5.74. The number of hydrogen-bond acceptors (Lipinski definition) is 2. The molecule has 0 aliphatic carbocycles. The van der Waals surface area contributed by atoms with Crippen LogP contribution in [0.5, 0.6) is 0 Å². The second-order valence-electron chi connectivity index (χ2n) is 5.98. The van der Waals surface area contributed by atoms with Crippen LogP contribution in [0.2, 0.25) is 0 Å². The summed E-state index contributed by atoms with van der Waals surface area (Å²) in [5.41, 5.74) is 0.988. The van der Waals surface area contributed by atoms with Gasteiger partial charge in [-0.25, -0.2) is 0 Å². The van der Waals surface area contributed by atoms with E-state index in [-0.39, 0.29) is 17.9 Å². The van der Waals surface area contributed by atoms with Crippen LogP contribution in [0, 0.1) is 5.92 Å². The highest BCUT2D eigenvalue weighted by Gasteiger charge is 2.34. The number of carboxylic acids is 1. The highest BCUT2D eigenvalue weighted by Crippen LogP contribution is 2.39. The first-order chi connectivity index (χ1) is 8.98. The number of carbonyl (C=O) groups is 1. The zero-order valence-corrected chi connectivity index (χ0v) is 11.6. The molecule has 3 nitrogen and oxygen atoms in total. The molecule has 1 fully saturated rings. The van der Waals surface area contributed by atoms with Crippen molar-refractivity contribution >= 4 is 5.97 Å². The molecule has 1 aliphatic heterocycles. The van der Waals surface area contributed by atoms with Crippen molar-refractivity contribution in [3.8, 4) is 0 Å². The van der Waals surface area contributed by atoms with Crippen LogP contribution in [0.15, 0.2) is 30.3 Å². The van der Waals surface area contributed by atoms with Gasteiger partial charge in [0.25, 0.3) is 0 Å². The molecule has 0 bridgehead atoms. The molecule has 1 saturated heterocycles. The summed E-state index contributed by atoms with van der Waals surface area (Å²) < 4.78 is 5.74. The molecule has 19 heavy (non-hydrogen) atoms. The van der Waals surface area contributed by atoms with Gasteiger partial charge < -0.3 is 9.84 Å². The van der Waals surface area contributed by atoms with Gasteiger partial charge in [-0.15, -0.1) is 0 Å². The van der Waals surface area contributed by atoms with E-state index < -0.39 is 5.97 Å². The summed E-state index contributed by atoms with van der Waals surface area (Å²) in [5, 5.41) is 9.17. The minimum Gasteiger partial charge on any atom is -0.481 e. The largest absolute Gasteiger partial charge is 0.481 e. The predicted molar refractivity (Wildman–Crippen MR) is 74.2 cm³/mol. The van der Waals surface area contributed by atoms with Gasteiger partial charge in [-0.2, -0.15) is 0 Å². The van der Waals surface area contributed by atoms with Crippen molar-refractivity contribution in [2.24, 2.45) is 5.92 Å². The lowest BCUT2D eigenvalue weighted by Gasteiger charge is -2.39. The van der Waals surface area contributed by atoms with Gasteiger partial charge in [-0.1, -0.05) is 30.3 Å². The lowest BCUT2D eigenvalue weighted by molar-refractivity contribution is -0.138. The number of ether oxygens (including phenoxy) is 1. The number of benzene rings is 1. The van der Waals surface area contributed by atoms with Gasteiger partial charge in [0, 0.05) is 6.61 Å². The summed E-state index contributed by atoms with van der Waals surface area (Å²) >= 11 is 0. The zero-order valence-electron chi connectivity index (χ0n) is 11.6. The van der Waals surface area contributed by atoms with Crippen LogP contribution in [0.4, 0.5) is 0 Å². The van der Waals surface area contributed by atoms with Crippen LogP contribution in [0.3, 0.4) is 0 Å². The summed E-state index contributed by atoms with van der Waals surface area (Å²) in [6.07, 6.45) is 2.06. The van der Waals surface area contributed by atoms with Gasteiger partial charge in [0.15, 0.2) is 0 Å². The average Bonchev–Trinajstić information content (AvgIpc) is 2.35. The van der Waals surface area contributed by atoms with E-state index in [1.54, 1.807) is 0 Å². The molecule has 0 saturated carbocycles. The van der Waals surface area contributed by atoms with Crippen LogP contribution in [0.1, 0.15) is 44.6 Å². The van der Waals surface area contributed by atoms with E-state index in [4.69, 9.17) is 4.74 Å². The number of rotatable bonds is 4. The Morgan fingerprint density at radius 1 is 1.42 bits per heavy atom. The molecule has 0 amide bonds. The van der Waals surface area contributed by atoms with E-state index in [2.05, 4.69) is 13.8 Å². The van der Waals surface area contributed by atoms with Gasteiger partial charge in [0.1, 0.15) is 0 Å². The Morgan fingerprint density at radius 3 is 2.68 bits per heavy atom. The first-order valence-corrected chi connectivity index (χ1v) is 6.89. The molecule has 1 N–H and O–H groups in total. The Morgan fingerprint density at radius 2 is 2.11 bits per heavy atom. The maximum atomic E-state index is 11.2. The molecule has 1 heterocycles. The third-order valence-corrected chi connectivity index (χ3v) is 3.93. The molecular weight excluding hydrogens is 240 g/mol. The van der Waals surface area contributed by atoms with E-state index >= 15 is 0 Å². The SMILES string of the molecule is CC1(C)C[C@@H]([C@H](CC(=O)O)c2ccccc2)CCO1. The van der Waals surface area contributed by atoms with Crippen LogP contribution >= 0.6 is 0 Å². The Hall–Kier alpha value is -1.35. The van der Waals surface area contributed by atoms with E-state index in [9.17, 15) is 9.90 Å². The van der Waals surface area contributed by atoms with Crippen molar-refractivity contribution < 1.29 is 14.6 Å². The molecule has 0 aromatic heterocycles. The minimum atomic E-state index is -0.724. The first-order valence-electron chi connectivity index (χ1n) is 6.89. The van der Waals surface area contributed by atoms with Crippen molar-refractivity contribution in [1.82, 2.24) is 0 Å². The third-order valence-electron chi connectivity index (χ3n) is 3.93. The third kappa shape index (κ3) is 3.80. The van der Waals surface area contributed by atoms with Crippen LogP contribution in [-0.4, -0.2) is 23.3 Å². The maximum Gasteiger partial charge on any atom is 0.303 e. The van der Waals surface area contributed by atoms with Crippen LogP contribution in [0.25, 0.3) is 0 Å². The second-order valence-corrected chi connectivity index (χ2v) is 5.98. The Kier molecular flexibility index (Phi) is 4.25. The molecule has 2 rings (SSSR count). The topological polar surface area (TPSA) is 46.5 Å². The van der Waals surface area contributed by atoms with Crippen molar-refractivity contribution in [3.63, 3.8) is 0 Å². The molecule has 1 aromatic carbocycles. The van der Waals surface area contributed by atoms with Crippen molar-refractivity contribution in [1.29, 1.82) is 0 Å². The summed E-state index contributed by atoms with van der Waals surface area (Å²) in [4.78, 5) is 11.2. The summed E-state index contributed by atoms with van der Waals surface area (Å²) in [7, 11) is 0. The number of aliphatic carboxylic acids is 1. The summed E-state index contributed by atoms with van der Waals surface area (Å²) in [6.45, 7) is 4.89. The predicted octanol–water partition coefficient (Wildman–Crippen LogP) is 3.45. The van der Waals surface area contributed by atoms with Gasteiger partial charge in [-0.05, 0) is 44.1 Å². The van der Waals surface area contributed by atoms with E-state index in [1.165, 1.54) is 0 Å². The Labute approximate surface area is 114 Å². The van der Waals surface area contributed by atoms with Gasteiger partial charge in [-0.3, -0.25) is 4.79 Å². The summed E-state index contributed by atoms with van der Waals surface area (Å²) in [5.74, 6) is -0.262. The lowest BCUT2D eigenvalue weighted by Crippen LogP contribution is -2.36. The lowest BCUT2D eigenvalue weighted by atomic mass is 9.75. The van der Waals surface area contributed by atoms with Crippen LogP contribution in [-0.2, 0) is 9.53 Å². The highest BCUT2D eigenvalue weighted by atomic mass is 16.5. The summed E-state index contributed by atoms with van der Waals surface area (Å²) in [6, 6.07) is 10.0. The maximum absolute atomic E-state index is 11.2. The molecule has 104 valence electrons. The van der Waals surface area contributed by atoms with Crippen LogP contribution < -0.4 is 0 Å². The van der Waals surface area contributed by atoms with Crippen molar-refractivity contribution in [3.05, 3.63) is 35.9 Å². The fourth-order valence-electron chi connectivity index (χ4n) is 3.07. The monoisotopic (exact) mass is 262 g/mol. The smallest absolute Gasteiger partial charge is 0.303 e. The zero-order chi connectivity index (χ0) is 13.9. The highest BCUT2D eigenvalue weighted by molar-refractivity contribution is 5.68. The standard InChI is InChI=1S/C16H22O3/c1-16(2)11-13(8-9-19-16)14(10-15(17)18)12-6-4-3-5-7-12/h3-7,13-14H,8-11H2,1-2H3,(H,17,18)/t13-,14+/m0/s1. The van der Waals surface area contributed by atoms with E-state index in [1.807, 2.05) is 30.3 Å². The van der Waals surface area contributed by atoms with Gasteiger partial charge in [0.05, 0.1) is 12.0 Å². The Balaban J connectivity index is 2.20. The minimum absolute atomic E-state index is 0.0851. The molecule has 2 atom stereocenters. The number of hydrogen-bond donors (Lipinski definition) is 1. The fourth-order valence-corrected chi connectivity index (χ4v) is 3.07. The molecular formula is C16H22O3. The Bertz CT molecular complexity index is 425. The van der Waals surface area contributed by atoms with Gasteiger partial charge in [0.2, 0.25) is 0 Å². The van der Waals surface area contributed by atoms with E-state index in [0.29, 0.717) is 5.92 Å². The molecule has 3 heteroatoms. The van der Waals surface area contributed by atoms with E-state index in [0.717, 1.165) is 25.0 Å². The van der Waals surface area contributed by atoms with Gasteiger partial charge >= 0.3 is 5.97 Å². The fraction of sp³-hybridized carbons (Fsp3) is 0.562. The van der Waals surface area contributed by atoms with Crippen molar-refractivity contribution in [2.75, 3.05) is 6.61 Å². The molecule has 1 aliphatic rings. The number of carboxylic acid groups (broad SMARTS) is 1. The molecule has 1 aromatic rings. The quantitative estimate of drug-likeness (QED) is 0.904.